The Morgan fingerprint density at radius 1 is 1.28 bits per heavy atom. The highest BCUT2D eigenvalue weighted by atomic mass is 15.2. The molecule has 1 aromatic heterocycles. The molecule has 0 amide bonds. The second-order valence-electron chi connectivity index (χ2n) is 4.65. The molecular weight excluding hydrogens is 224 g/mol. The number of benzene rings is 1. The van der Waals surface area contributed by atoms with Gasteiger partial charge in [0.25, 0.3) is 0 Å². The summed E-state index contributed by atoms with van der Waals surface area (Å²) in [5.74, 6) is 0.884. The monoisotopic (exact) mass is 244 g/mol. The first-order valence-corrected chi connectivity index (χ1v) is 6.17. The second-order valence-corrected chi connectivity index (χ2v) is 4.65. The Balaban J connectivity index is 2.09. The molecule has 0 aliphatic carbocycles. The molecule has 0 bridgehead atoms. The zero-order valence-electron chi connectivity index (χ0n) is 11.2. The van der Waals surface area contributed by atoms with E-state index in [2.05, 4.69) is 52.9 Å². The lowest BCUT2D eigenvalue weighted by molar-refractivity contribution is 0.325. The topological polar surface area (TPSA) is 33.1 Å². The third-order valence-electron chi connectivity index (χ3n) is 3.11. The van der Waals surface area contributed by atoms with E-state index >= 15 is 0 Å². The van der Waals surface area contributed by atoms with Crippen molar-refractivity contribution in [3.8, 4) is 5.69 Å². The number of nitrogens with one attached hydrogen (secondary N) is 1. The Morgan fingerprint density at radius 2 is 2.00 bits per heavy atom. The third-order valence-corrected chi connectivity index (χ3v) is 3.11. The van der Waals surface area contributed by atoms with E-state index in [-0.39, 0.29) is 0 Å². The van der Waals surface area contributed by atoms with Crippen molar-refractivity contribution in [2.75, 3.05) is 26.0 Å². The van der Waals surface area contributed by atoms with Gasteiger partial charge < -0.3 is 10.2 Å². The third kappa shape index (κ3) is 2.90. The maximum atomic E-state index is 4.36. The van der Waals surface area contributed by atoms with E-state index in [1.54, 1.807) is 0 Å². The Labute approximate surface area is 108 Å². The minimum absolute atomic E-state index is 0.464. The number of imidazole rings is 1. The van der Waals surface area contributed by atoms with Crippen molar-refractivity contribution in [1.82, 2.24) is 14.5 Å². The molecule has 1 aromatic carbocycles. The molecule has 2 aromatic rings. The number of para-hydroxylation sites is 1. The number of hydrogen-bond acceptors (Lipinski definition) is 3. The van der Waals surface area contributed by atoms with Crippen LogP contribution in [0.1, 0.15) is 6.92 Å². The van der Waals surface area contributed by atoms with Gasteiger partial charge in [0.05, 0.1) is 0 Å². The molecule has 96 valence electrons. The molecule has 1 atom stereocenters. The fraction of sp³-hybridized carbons (Fsp3) is 0.357. The van der Waals surface area contributed by atoms with Gasteiger partial charge in [0.15, 0.2) is 0 Å². The van der Waals surface area contributed by atoms with Crippen LogP contribution in [0.2, 0.25) is 0 Å². The maximum Gasteiger partial charge on any atom is 0.207 e. The van der Waals surface area contributed by atoms with Gasteiger partial charge in [-0.1, -0.05) is 18.2 Å². The van der Waals surface area contributed by atoms with Crippen LogP contribution in [0.15, 0.2) is 42.7 Å². The Morgan fingerprint density at radius 3 is 2.67 bits per heavy atom. The van der Waals surface area contributed by atoms with Gasteiger partial charge in [-0.2, -0.15) is 0 Å². The number of anilines is 1. The van der Waals surface area contributed by atoms with Crippen LogP contribution >= 0.6 is 0 Å². The molecule has 18 heavy (non-hydrogen) atoms. The lowest BCUT2D eigenvalue weighted by Gasteiger charge is -2.20. The van der Waals surface area contributed by atoms with Gasteiger partial charge >= 0.3 is 0 Å². The molecule has 1 N–H and O–H groups in total. The number of likely N-dealkylation sites (N-methyl/N-ethyl adjacent to an activating group) is 1. The summed E-state index contributed by atoms with van der Waals surface area (Å²) in [5, 5.41) is 3.38. The number of rotatable bonds is 5. The molecular formula is C14H20N4. The SMILES string of the molecule is CC(CNc1nccn1-c1ccccc1)N(C)C. The minimum Gasteiger partial charge on any atom is -0.354 e. The van der Waals surface area contributed by atoms with Crippen molar-refractivity contribution in [2.45, 2.75) is 13.0 Å². The van der Waals surface area contributed by atoms with Crippen LogP contribution < -0.4 is 5.32 Å². The molecule has 4 heteroatoms. The molecule has 0 aliphatic rings. The van der Waals surface area contributed by atoms with Crippen molar-refractivity contribution in [2.24, 2.45) is 0 Å². The molecule has 2 rings (SSSR count). The minimum atomic E-state index is 0.464. The summed E-state index contributed by atoms with van der Waals surface area (Å²) in [5.41, 5.74) is 1.12. The first-order chi connectivity index (χ1) is 8.68. The van der Waals surface area contributed by atoms with E-state index in [4.69, 9.17) is 0 Å². The molecule has 0 spiro atoms. The summed E-state index contributed by atoms with van der Waals surface area (Å²) < 4.78 is 2.06. The lowest BCUT2D eigenvalue weighted by Crippen LogP contribution is -2.32. The van der Waals surface area contributed by atoms with Gasteiger partial charge in [-0.25, -0.2) is 4.98 Å². The van der Waals surface area contributed by atoms with Crippen molar-refractivity contribution in [1.29, 1.82) is 0 Å². The lowest BCUT2D eigenvalue weighted by atomic mass is 10.3. The second kappa shape index (κ2) is 5.69. The average molecular weight is 244 g/mol. The highest BCUT2D eigenvalue weighted by Gasteiger charge is 2.07. The molecule has 4 nitrogen and oxygen atoms in total. The van der Waals surface area contributed by atoms with Gasteiger partial charge in [-0.15, -0.1) is 0 Å². The van der Waals surface area contributed by atoms with Crippen LogP contribution in [0.25, 0.3) is 5.69 Å². The van der Waals surface area contributed by atoms with Crippen LogP contribution in [-0.4, -0.2) is 41.1 Å². The predicted molar refractivity (Wildman–Crippen MR) is 75.2 cm³/mol. The fourth-order valence-electron chi connectivity index (χ4n) is 1.65. The number of aromatic nitrogens is 2. The Bertz CT molecular complexity index is 476. The Kier molecular flexibility index (Phi) is 3.99. The summed E-state index contributed by atoms with van der Waals surface area (Å²) in [4.78, 5) is 6.54. The van der Waals surface area contributed by atoms with Crippen LogP contribution in [0.5, 0.6) is 0 Å². The summed E-state index contributed by atoms with van der Waals surface area (Å²) in [6, 6.07) is 10.7. The van der Waals surface area contributed by atoms with Crippen LogP contribution in [0.4, 0.5) is 5.95 Å². The first kappa shape index (κ1) is 12.6. The van der Waals surface area contributed by atoms with E-state index in [1.807, 2.05) is 30.6 Å². The van der Waals surface area contributed by atoms with Crippen molar-refractivity contribution in [3.63, 3.8) is 0 Å². The first-order valence-electron chi connectivity index (χ1n) is 6.17. The van der Waals surface area contributed by atoms with E-state index in [0.29, 0.717) is 6.04 Å². The Hall–Kier alpha value is -1.81. The normalized spacial score (nSPS) is 12.7. The molecule has 1 heterocycles. The smallest absolute Gasteiger partial charge is 0.207 e. The van der Waals surface area contributed by atoms with E-state index < -0.39 is 0 Å². The van der Waals surface area contributed by atoms with Gasteiger partial charge in [0, 0.05) is 30.7 Å². The van der Waals surface area contributed by atoms with E-state index in [1.165, 1.54) is 0 Å². The standard InChI is InChI=1S/C14H20N4/c1-12(17(2)3)11-16-14-15-9-10-18(14)13-7-5-4-6-8-13/h4-10,12H,11H2,1-3H3,(H,15,16). The average Bonchev–Trinajstić information content (AvgIpc) is 2.85. The van der Waals surface area contributed by atoms with Crippen LogP contribution in [0.3, 0.4) is 0 Å². The van der Waals surface area contributed by atoms with Crippen LogP contribution in [-0.2, 0) is 0 Å². The summed E-state index contributed by atoms with van der Waals surface area (Å²) in [7, 11) is 4.16. The highest BCUT2D eigenvalue weighted by Crippen LogP contribution is 2.13. The predicted octanol–water partition coefficient (Wildman–Crippen LogP) is 2.23. The largest absolute Gasteiger partial charge is 0.354 e. The summed E-state index contributed by atoms with van der Waals surface area (Å²) in [6.07, 6.45) is 3.79. The molecule has 0 fully saturated rings. The van der Waals surface area contributed by atoms with Gasteiger partial charge in [0.2, 0.25) is 5.95 Å². The molecule has 0 saturated heterocycles. The quantitative estimate of drug-likeness (QED) is 0.875. The van der Waals surface area contributed by atoms with E-state index in [0.717, 1.165) is 18.2 Å². The maximum absolute atomic E-state index is 4.36. The zero-order chi connectivity index (χ0) is 13.0. The number of hydrogen-bond donors (Lipinski definition) is 1. The zero-order valence-corrected chi connectivity index (χ0v) is 11.2. The van der Waals surface area contributed by atoms with Crippen LogP contribution in [0, 0.1) is 0 Å². The summed E-state index contributed by atoms with van der Waals surface area (Å²) >= 11 is 0. The number of nitrogens with zero attached hydrogens (tertiary/aromatic N) is 3. The van der Waals surface area contributed by atoms with Gasteiger partial charge in [-0.3, -0.25) is 4.57 Å². The van der Waals surface area contributed by atoms with Crippen molar-refractivity contribution < 1.29 is 0 Å². The molecule has 0 saturated carbocycles. The van der Waals surface area contributed by atoms with E-state index in [9.17, 15) is 0 Å². The molecule has 0 aliphatic heterocycles. The highest BCUT2D eigenvalue weighted by molar-refractivity contribution is 5.41. The molecule has 0 radical (unpaired) electrons. The van der Waals surface area contributed by atoms with Crippen molar-refractivity contribution in [3.05, 3.63) is 42.7 Å². The van der Waals surface area contributed by atoms with Gasteiger partial charge in [-0.05, 0) is 33.2 Å². The molecule has 1 unspecified atom stereocenters. The van der Waals surface area contributed by atoms with Gasteiger partial charge in [0.1, 0.15) is 0 Å². The van der Waals surface area contributed by atoms with Crippen molar-refractivity contribution >= 4 is 5.95 Å². The summed E-state index contributed by atoms with van der Waals surface area (Å²) in [6.45, 7) is 3.06. The fourth-order valence-corrected chi connectivity index (χ4v) is 1.65.